The number of hydrogen-bond acceptors (Lipinski definition) is 7. The van der Waals surface area contributed by atoms with E-state index in [-0.39, 0.29) is 13.3 Å². The van der Waals surface area contributed by atoms with Crippen LogP contribution in [0.4, 0.5) is 5.69 Å². The molecule has 35 heavy (non-hydrogen) atoms. The maximum atomic E-state index is 12.9. The van der Waals surface area contributed by atoms with Crippen molar-refractivity contribution in [3.05, 3.63) is 90.0 Å². The fourth-order valence-electron chi connectivity index (χ4n) is 3.85. The highest BCUT2D eigenvalue weighted by Gasteiger charge is 2.34. The highest BCUT2D eigenvalue weighted by molar-refractivity contribution is 7.98. The molecule has 1 aliphatic rings. The number of nitrogens with zero attached hydrogens (tertiary/aromatic N) is 4. The van der Waals surface area contributed by atoms with E-state index in [1.54, 1.807) is 4.90 Å². The van der Waals surface area contributed by atoms with Crippen molar-refractivity contribution in [3.8, 4) is 22.9 Å². The van der Waals surface area contributed by atoms with Crippen LogP contribution in [0.1, 0.15) is 31.7 Å². The number of para-hydroxylation sites is 1. The summed E-state index contributed by atoms with van der Waals surface area (Å²) in [5.41, 5.74) is 3.74. The van der Waals surface area contributed by atoms with E-state index in [4.69, 9.17) is 9.47 Å². The number of fused-ring (bicyclic) bond motifs is 3. The van der Waals surface area contributed by atoms with Gasteiger partial charge in [0.15, 0.2) is 5.69 Å². The molecule has 5 rings (SSSR count). The Morgan fingerprint density at radius 2 is 1.80 bits per heavy atom. The van der Waals surface area contributed by atoms with E-state index < -0.39 is 6.23 Å². The first-order valence-electron chi connectivity index (χ1n) is 10.8. The van der Waals surface area contributed by atoms with Crippen LogP contribution in [0.3, 0.4) is 0 Å². The normalized spacial score (nSPS) is 14.0. The molecule has 1 atom stereocenters. The lowest BCUT2D eigenvalue weighted by Crippen LogP contribution is -2.36. The maximum absolute atomic E-state index is 12.9. The molecule has 0 saturated carbocycles. The van der Waals surface area contributed by atoms with Gasteiger partial charge < -0.3 is 9.47 Å². The molecule has 0 bridgehead atoms. The summed E-state index contributed by atoms with van der Waals surface area (Å²) in [4.78, 5) is 19.1. The van der Waals surface area contributed by atoms with Crippen LogP contribution in [0.2, 0.25) is 0 Å². The van der Waals surface area contributed by atoms with Crippen molar-refractivity contribution in [2.75, 3.05) is 11.2 Å². The number of hydrogen-bond donors (Lipinski definition) is 0. The van der Waals surface area contributed by atoms with Gasteiger partial charge in [-0.1, -0.05) is 79.9 Å². The zero-order chi connectivity index (χ0) is 23.5. The minimum Gasteiger partial charge on any atom is -0.489 e. The molecule has 0 saturated heterocycles. The molecule has 0 aliphatic carbocycles. The van der Waals surface area contributed by atoms with E-state index >= 15 is 0 Å². The number of anilines is 1. The van der Waals surface area contributed by atoms with Gasteiger partial charge in [0.25, 0.3) is 0 Å². The van der Waals surface area contributed by atoms with Crippen LogP contribution in [-0.4, -0.2) is 27.3 Å². The van der Waals surface area contributed by atoms with Crippen molar-refractivity contribution in [2.45, 2.75) is 32.3 Å². The molecular formula is C27H26N4O3S. The first-order chi connectivity index (χ1) is 16.6. The minimum absolute atomic E-state index is 0. The lowest BCUT2D eigenvalue weighted by Gasteiger charge is -2.30. The second kappa shape index (κ2) is 10.6. The van der Waals surface area contributed by atoms with E-state index in [0.717, 1.165) is 16.7 Å². The molecule has 8 heteroatoms. The van der Waals surface area contributed by atoms with Crippen molar-refractivity contribution < 1.29 is 14.3 Å². The molecule has 1 aromatic heterocycles. The summed E-state index contributed by atoms with van der Waals surface area (Å²) in [5.74, 6) is 0.840. The summed E-state index contributed by atoms with van der Waals surface area (Å²) >= 11 is 1.38. The van der Waals surface area contributed by atoms with Crippen LogP contribution >= 0.6 is 11.8 Å². The molecule has 0 N–H and O–H groups in total. The van der Waals surface area contributed by atoms with Gasteiger partial charge in [0.2, 0.25) is 23.2 Å². The molecule has 7 nitrogen and oxygen atoms in total. The Morgan fingerprint density at radius 3 is 2.57 bits per heavy atom. The molecule has 1 aliphatic heterocycles. The van der Waals surface area contributed by atoms with Gasteiger partial charge in [-0.2, -0.15) is 4.98 Å². The summed E-state index contributed by atoms with van der Waals surface area (Å²) < 4.78 is 12.4. The van der Waals surface area contributed by atoms with Gasteiger partial charge in [-0.25, -0.2) is 0 Å². The average molecular weight is 487 g/mol. The maximum Gasteiger partial charge on any atom is 0.247 e. The van der Waals surface area contributed by atoms with Crippen molar-refractivity contribution in [1.29, 1.82) is 0 Å². The van der Waals surface area contributed by atoms with Crippen LogP contribution < -0.4 is 14.4 Å². The van der Waals surface area contributed by atoms with Crippen LogP contribution in [0, 0.1) is 0 Å². The van der Waals surface area contributed by atoms with Crippen molar-refractivity contribution in [1.82, 2.24) is 15.2 Å². The Labute approximate surface area is 209 Å². The van der Waals surface area contributed by atoms with Gasteiger partial charge in [0, 0.05) is 18.1 Å². The summed E-state index contributed by atoms with van der Waals surface area (Å²) in [6, 6.07) is 25.1. The van der Waals surface area contributed by atoms with Crippen molar-refractivity contribution >= 4 is 23.4 Å². The minimum atomic E-state index is -0.758. The van der Waals surface area contributed by atoms with E-state index in [1.165, 1.54) is 18.7 Å². The number of aromatic nitrogens is 3. The second-order valence-electron chi connectivity index (χ2n) is 7.68. The van der Waals surface area contributed by atoms with Crippen LogP contribution in [0.15, 0.2) is 84.0 Å². The topological polar surface area (TPSA) is 77.4 Å². The van der Waals surface area contributed by atoms with Crippen molar-refractivity contribution in [3.63, 3.8) is 0 Å². The molecule has 0 spiro atoms. The summed E-state index contributed by atoms with van der Waals surface area (Å²) in [7, 11) is 0. The van der Waals surface area contributed by atoms with Gasteiger partial charge in [0.05, 0.1) is 5.69 Å². The standard InChI is InChI=1S/C26H22N4O3S.CH4/c1-17(31)30-22-14-7-6-13-21(22)23-24(27-26(34-2)29-28-23)33-25(30)19-11-8-12-20(15-19)32-16-18-9-4-3-5-10-18;/h3-15,25H,16H2,1-2H3;1H4. The fraction of sp³-hybridized carbons (Fsp3) is 0.185. The lowest BCUT2D eigenvalue weighted by atomic mass is 10.1. The summed E-state index contributed by atoms with van der Waals surface area (Å²) in [5, 5.41) is 9.05. The molecule has 1 amide bonds. The predicted octanol–water partition coefficient (Wildman–Crippen LogP) is 5.92. The predicted molar refractivity (Wildman–Crippen MR) is 138 cm³/mol. The first-order valence-corrected chi connectivity index (χ1v) is 12.0. The Hall–Kier alpha value is -3.91. The number of rotatable bonds is 5. The zero-order valence-corrected chi connectivity index (χ0v) is 19.5. The van der Waals surface area contributed by atoms with E-state index in [1.807, 2.05) is 85.1 Å². The van der Waals surface area contributed by atoms with Gasteiger partial charge in [-0.05, 0) is 30.0 Å². The molecule has 0 radical (unpaired) electrons. The summed E-state index contributed by atoms with van der Waals surface area (Å²) in [6.45, 7) is 1.96. The Kier molecular flexibility index (Phi) is 7.31. The number of carbonyl (C=O) groups is 1. The van der Waals surface area contributed by atoms with Crippen LogP contribution in [0.5, 0.6) is 11.6 Å². The zero-order valence-electron chi connectivity index (χ0n) is 18.7. The third kappa shape index (κ3) is 4.97. The Bertz CT molecular complexity index is 1330. The fourth-order valence-corrected chi connectivity index (χ4v) is 4.15. The molecule has 2 heterocycles. The van der Waals surface area contributed by atoms with E-state index in [9.17, 15) is 4.79 Å². The third-order valence-electron chi connectivity index (χ3n) is 5.43. The largest absolute Gasteiger partial charge is 0.489 e. The number of ether oxygens (including phenoxy) is 2. The van der Waals surface area contributed by atoms with Gasteiger partial charge in [0.1, 0.15) is 12.4 Å². The SMILES string of the molecule is C.CSc1nnc2c(n1)OC(c1cccc(OCc3ccccc3)c1)N(C(C)=O)c1ccccc1-2. The lowest BCUT2D eigenvalue weighted by molar-refractivity contribution is -0.118. The quantitative estimate of drug-likeness (QED) is 0.324. The van der Waals surface area contributed by atoms with Gasteiger partial charge >= 0.3 is 0 Å². The molecular weight excluding hydrogens is 460 g/mol. The van der Waals surface area contributed by atoms with Crippen LogP contribution in [0.25, 0.3) is 11.3 Å². The number of amides is 1. The monoisotopic (exact) mass is 486 g/mol. The number of benzene rings is 3. The third-order valence-corrected chi connectivity index (χ3v) is 5.96. The Morgan fingerprint density at radius 1 is 1.03 bits per heavy atom. The van der Waals surface area contributed by atoms with E-state index in [0.29, 0.717) is 34.8 Å². The molecule has 4 aromatic rings. The highest BCUT2D eigenvalue weighted by atomic mass is 32.2. The molecule has 3 aromatic carbocycles. The number of carbonyl (C=O) groups excluding carboxylic acids is 1. The average Bonchev–Trinajstić information content (AvgIpc) is 3.02. The molecule has 1 unspecified atom stereocenters. The van der Waals surface area contributed by atoms with Gasteiger partial charge in [-0.15, -0.1) is 10.2 Å². The number of thioether (sulfide) groups is 1. The summed E-state index contributed by atoms with van der Waals surface area (Å²) in [6.07, 6.45) is 1.12. The smallest absolute Gasteiger partial charge is 0.247 e. The van der Waals surface area contributed by atoms with Gasteiger partial charge in [-0.3, -0.25) is 9.69 Å². The second-order valence-corrected chi connectivity index (χ2v) is 8.45. The molecule has 0 fully saturated rings. The van der Waals surface area contributed by atoms with E-state index in [2.05, 4.69) is 15.2 Å². The first kappa shape index (κ1) is 24.2. The highest BCUT2D eigenvalue weighted by Crippen LogP contribution is 2.43. The van der Waals surface area contributed by atoms with Crippen molar-refractivity contribution in [2.24, 2.45) is 0 Å². The molecule has 178 valence electrons. The van der Waals surface area contributed by atoms with Crippen LogP contribution in [-0.2, 0) is 11.4 Å². The Balaban J connectivity index is 0.00000289.